The van der Waals surface area contributed by atoms with Gasteiger partial charge in [-0.05, 0) is 36.8 Å². The van der Waals surface area contributed by atoms with Crippen LogP contribution < -0.4 is 5.32 Å². The number of aromatic nitrogens is 2. The van der Waals surface area contributed by atoms with Crippen molar-refractivity contribution in [2.75, 3.05) is 11.1 Å². The molecule has 0 aliphatic rings. The van der Waals surface area contributed by atoms with Gasteiger partial charge in [0.25, 0.3) is 0 Å². The number of hydrogen-bond acceptors (Lipinski definition) is 5. The average Bonchev–Trinajstić information content (AvgIpc) is 3.04. The van der Waals surface area contributed by atoms with Gasteiger partial charge in [0.2, 0.25) is 17.6 Å². The molecule has 0 aliphatic carbocycles. The van der Waals surface area contributed by atoms with Gasteiger partial charge in [-0.1, -0.05) is 29.4 Å². The Morgan fingerprint density at radius 2 is 2.08 bits per heavy atom. The fourth-order valence-corrected chi connectivity index (χ4v) is 2.86. The third-order valence-corrected chi connectivity index (χ3v) is 4.23. The van der Waals surface area contributed by atoms with E-state index < -0.39 is 0 Å². The van der Waals surface area contributed by atoms with Crippen molar-refractivity contribution in [2.24, 2.45) is 0 Å². The van der Waals surface area contributed by atoms with Crippen LogP contribution in [0.2, 0.25) is 0 Å². The second kappa shape index (κ2) is 7.94. The minimum Gasteiger partial charge on any atom is -0.338 e. The highest BCUT2D eigenvalue weighted by Gasteiger charge is 2.10. The molecular weight excluding hydrogens is 341 g/mol. The van der Waals surface area contributed by atoms with E-state index in [0.29, 0.717) is 23.0 Å². The highest BCUT2D eigenvalue weighted by Crippen LogP contribution is 2.19. The van der Waals surface area contributed by atoms with E-state index in [1.54, 1.807) is 12.1 Å². The van der Waals surface area contributed by atoms with Crippen LogP contribution in [0.1, 0.15) is 11.5 Å². The Hall–Kier alpha value is -2.67. The molecule has 0 atom stereocenters. The Morgan fingerprint density at radius 3 is 2.88 bits per heavy atom. The fraction of sp³-hybridized carbons (Fsp3) is 0.167. The molecule has 128 valence electrons. The molecule has 3 rings (SSSR count). The molecule has 25 heavy (non-hydrogen) atoms. The molecule has 1 N–H and O–H groups in total. The van der Waals surface area contributed by atoms with Crippen LogP contribution in [-0.4, -0.2) is 21.8 Å². The van der Waals surface area contributed by atoms with Gasteiger partial charge in [0.15, 0.2) is 0 Å². The molecule has 0 saturated heterocycles. The van der Waals surface area contributed by atoms with Gasteiger partial charge in [-0.2, -0.15) is 4.98 Å². The lowest BCUT2D eigenvalue weighted by Gasteiger charge is -2.05. The molecule has 1 amide bonds. The Labute approximate surface area is 148 Å². The lowest BCUT2D eigenvalue weighted by molar-refractivity contribution is -0.113. The first-order valence-electron chi connectivity index (χ1n) is 7.63. The third kappa shape index (κ3) is 4.90. The number of carbonyl (C=O) groups excluding carboxylic acids is 1. The van der Waals surface area contributed by atoms with Gasteiger partial charge >= 0.3 is 0 Å². The molecule has 0 unspecified atom stereocenters. The maximum atomic E-state index is 13.2. The van der Waals surface area contributed by atoms with Gasteiger partial charge in [-0.3, -0.25) is 4.79 Å². The van der Waals surface area contributed by atoms with Crippen molar-refractivity contribution in [3.8, 4) is 11.4 Å². The number of aryl methyl sites for hydroxylation is 1. The van der Waals surface area contributed by atoms with E-state index in [9.17, 15) is 9.18 Å². The third-order valence-electron chi connectivity index (χ3n) is 3.31. The number of hydrogen-bond donors (Lipinski definition) is 1. The Kier molecular flexibility index (Phi) is 5.45. The Balaban J connectivity index is 1.50. The largest absolute Gasteiger partial charge is 0.338 e. The number of nitrogens with one attached hydrogen (secondary N) is 1. The number of halogens is 1. The smallest absolute Gasteiger partial charge is 0.236 e. The van der Waals surface area contributed by atoms with E-state index in [-0.39, 0.29) is 17.5 Å². The Morgan fingerprint density at radius 1 is 1.24 bits per heavy atom. The predicted molar refractivity (Wildman–Crippen MR) is 95.7 cm³/mol. The van der Waals surface area contributed by atoms with Crippen LogP contribution in [0.5, 0.6) is 0 Å². The number of amides is 1. The molecular formula is C18H16FN3O2S. The van der Waals surface area contributed by atoms with Gasteiger partial charge < -0.3 is 9.84 Å². The van der Waals surface area contributed by atoms with Crippen LogP contribution >= 0.6 is 11.8 Å². The van der Waals surface area contributed by atoms with Crippen LogP contribution in [0.3, 0.4) is 0 Å². The van der Waals surface area contributed by atoms with Gasteiger partial charge in [0.1, 0.15) is 5.82 Å². The van der Waals surface area contributed by atoms with Crippen LogP contribution in [0.15, 0.2) is 53.1 Å². The SMILES string of the molecule is Cc1cccc(NC(=O)CSCc2nc(-c3cccc(F)c3)no2)c1. The summed E-state index contributed by atoms with van der Waals surface area (Å²) in [6, 6.07) is 13.6. The quantitative estimate of drug-likeness (QED) is 0.721. The molecule has 0 saturated carbocycles. The van der Waals surface area contributed by atoms with Gasteiger partial charge in [-0.25, -0.2) is 4.39 Å². The normalized spacial score (nSPS) is 10.6. The van der Waals surface area contributed by atoms with E-state index in [0.717, 1.165) is 11.3 Å². The number of carbonyl (C=O) groups is 1. The molecule has 1 heterocycles. The molecule has 5 nitrogen and oxygen atoms in total. The maximum Gasteiger partial charge on any atom is 0.236 e. The van der Waals surface area contributed by atoms with Gasteiger partial charge in [0.05, 0.1) is 11.5 Å². The Bertz CT molecular complexity index is 882. The summed E-state index contributed by atoms with van der Waals surface area (Å²) in [6.45, 7) is 1.97. The van der Waals surface area contributed by atoms with Gasteiger partial charge in [0, 0.05) is 11.3 Å². The number of thioether (sulfide) groups is 1. The van der Waals surface area contributed by atoms with Crippen LogP contribution in [0, 0.1) is 12.7 Å². The first-order chi connectivity index (χ1) is 12.1. The standard InChI is InChI=1S/C18H16FN3O2S/c1-12-4-2-7-15(8-12)20-16(23)10-25-11-17-21-18(22-24-17)13-5-3-6-14(19)9-13/h2-9H,10-11H2,1H3,(H,20,23). The number of rotatable bonds is 6. The maximum absolute atomic E-state index is 13.2. The predicted octanol–water partition coefficient (Wildman–Crippen LogP) is 4.06. The molecule has 0 bridgehead atoms. The van der Waals surface area contributed by atoms with Crippen molar-refractivity contribution < 1.29 is 13.7 Å². The van der Waals surface area contributed by atoms with Crippen molar-refractivity contribution in [3.05, 3.63) is 65.8 Å². The van der Waals surface area contributed by atoms with Crippen molar-refractivity contribution >= 4 is 23.4 Å². The lowest BCUT2D eigenvalue weighted by Crippen LogP contribution is -2.14. The zero-order valence-corrected chi connectivity index (χ0v) is 14.3. The van der Waals surface area contributed by atoms with E-state index in [4.69, 9.17) is 4.52 Å². The first-order valence-corrected chi connectivity index (χ1v) is 8.78. The highest BCUT2D eigenvalue weighted by molar-refractivity contribution is 7.99. The van der Waals surface area contributed by atoms with E-state index in [1.807, 2.05) is 31.2 Å². The summed E-state index contributed by atoms with van der Waals surface area (Å²) < 4.78 is 18.4. The second-order valence-corrected chi connectivity index (χ2v) is 6.42. The minimum absolute atomic E-state index is 0.0968. The lowest BCUT2D eigenvalue weighted by atomic mass is 10.2. The zero-order valence-electron chi connectivity index (χ0n) is 13.5. The van der Waals surface area contributed by atoms with Crippen LogP contribution in [0.4, 0.5) is 10.1 Å². The van der Waals surface area contributed by atoms with Crippen LogP contribution in [-0.2, 0) is 10.5 Å². The summed E-state index contributed by atoms with van der Waals surface area (Å²) in [5.74, 6) is 0.952. The van der Waals surface area contributed by atoms with Crippen molar-refractivity contribution in [1.29, 1.82) is 0 Å². The summed E-state index contributed by atoms with van der Waals surface area (Å²) in [4.78, 5) is 16.2. The summed E-state index contributed by atoms with van der Waals surface area (Å²) in [7, 11) is 0. The van der Waals surface area contributed by atoms with Gasteiger partial charge in [-0.15, -0.1) is 11.8 Å². The number of nitrogens with zero attached hydrogens (tertiary/aromatic N) is 2. The average molecular weight is 357 g/mol. The minimum atomic E-state index is -0.356. The topological polar surface area (TPSA) is 68.0 Å². The highest BCUT2D eigenvalue weighted by atomic mass is 32.2. The summed E-state index contributed by atoms with van der Waals surface area (Å²) in [6.07, 6.45) is 0. The van der Waals surface area contributed by atoms with Crippen molar-refractivity contribution in [3.63, 3.8) is 0 Å². The van der Waals surface area contributed by atoms with Crippen molar-refractivity contribution in [1.82, 2.24) is 10.1 Å². The van der Waals surface area contributed by atoms with E-state index in [2.05, 4.69) is 15.5 Å². The molecule has 1 aromatic heterocycles. The molecule has 0 radical (unpaired) electrons. The summed E-state index contributed by atoms with van der Waals surface area (Å²) in [5.41, 5.74) is 2.41. The van der Waals surface area contributed by atoms with E-state index >= 15 is 0 Å². The first kappa shape index (κ1) is 17.2. The molecule has 3 aromatic rings. The summed E-state index contributed by atoms with van der Waals surface area (Å²) >= 11 is 1.37. The number of anilines is 1. The second-order valence-electron chi connectivity index (χ2n) is 5.43. The monoisotopic (exact) mass is 357 g/mol. The fourth-order valence-electron chi connectivity index (χ4n) is 2.21. The molecule has 0 spiro atoms. The summed E-state index contributed by atoms with van der Waals surface area (Å²) in [5, 5.41) is 6.67. The number of benzene rings is 2. The molecule has 7 heteroatoms. The van der Waals surface area contributed by atoms with Crippen LogP contribution in [0.25, 0.3) is 11.4 Å². The van der Waals surface area contributed by atoms with Crippen molar-refractivity contribution in [2.45, 2.75) is 12.7 Å². The molecule has 0 fully saturated rings. The zero-order chi connectivity index (χ0) is 17.6. The van der Waals surface area contributed by atoms with E-state index in [1.165, 1.54) is 23.9 Å². The molecule has 2 aromatic carbocycles. The molecule has 0 aliphatic heterocycles.